The van der Waals surface area contributed by atoms with Crippen molar-refractivity contribution in [1.82, 2.24) is 10.0 Å². The van der Waals surface area contributed by atoms with Crippen LogP contribution in [-0.2, 0) is 10.0 Å². The van der Waals surface area contributed by atoms with Crippen molar-refractivity contribution in [2.75, 3.05) is 13.1 Å². The first kappa shape index (κ1) is 15.3. The van der Waals surface area contributed by atoms with Gasteiger partial charge in [0.25, 0.3) is 0 Å². The third-order valence-corrected chi connectivity index (χ3v) is 5.24. The number of benzene rings is 1. The summed E-state index contributed by atoms with van der Waals surface area (Å²) in [7, 11) is -3.63. The molecule has 108 valence electrons. The Hall–Kier alpha value is -1.13. The van der Waals surface area contributed by atoms with Crippen molar-refractivity contribution < 1.29 is 8.42 Å². The molecule has 5 nitrogen and oxygen atoms in total. The number of sulfonamides is 1. The summed E-state index contributed by atoms with van der Waals surface area (Å²) in [6.07, 6.45) is 2.98. The lowest BCUT2D eigenvalue weighted by atomic mass is 10.2. The highest BCUT2D eigenvalue weighted by Crippen LogP contribution is 2.22. The SMILES string of the molecule is N#Cc1ccc(S(=O)(=O)NCC[C@H]2CCCN2)c(Cl)c1. The zero-order valence-corrected chi connectivity index (χ0v) is 12.5. The van der Waals surface area contributed by atoms with E-state index in [4.69, 9.17) is 16.9 Å². The maximum atomic E-state index is 12.1. The minimum atomic E-state index is -3.63. The zero-order valence-electron chi connectivity index (χ0n) is 10.9. The van der Waals surface area contributed by atoms with E-state index >= 15 is 0 Å². The molecule has 1 saturated heterocycles. The van der Waals surface area contributed by atoms with E-state index in [1.54, 1.807) is 0 Å². The van der Waals surface area contributed by atoms with Gasteiger partial charge in [-0.15, -0.1) is 0 Å². The molecule has 1 aliphatic heterocycles. The first-order valence-electron chi connectivity index (χ1n) is 6.45. The molecule has 1 aromatic rings. The Bertz CT molecular complexity index is 619. The molecule has 20 heavy (non-hydrogen) atoms. The number of nitrogens with one attached hydrogen (secondary N) is 2. The molecule has 0 aromatic heterocycles. The number of hydrogen-bond acceptors (Lipinski definition) is 4. The molecule has 2 rings (SSSR count). The van der Waals surface area contributed by atoms with Gasteiger partial charge in [0, 0.05) is 12.6 Å². The molecule has 0 spiro atoms. The van der Waals surface area contributed by atoms with Crippen molar-refractivity contribution in [1.29, 1.82) is 5.26 Å². The van der Waals surface area contributed by atoms with Crippen LogP contribution >= 0.6 is 11.6 Å². The van der Waals surface area contributed by atoms with Gasteiger partial charge in [-0.05, 0) is 44.0 Å². The fourth-order valence-electron chi connectivity index (χ4n) is 2.24. The van der Waals surface area contributed by atoms with Gasteiger partial charge >= 0.3 is 0 Å². The largest absolute Gasteiger partial charge is 0.314 e. The maximum absolute atomic E-state index is 12.1. The van der Waals surface area contributed by atoms with Crippen LogP contribution in [0.15, 0.2) is 23.1 Å². The molecule has 0 unspecified atom stereocenters. The van der Waals surface area contributed by atoms with Gasteiger partial charge in [0.15, 0.2) is 0 Å². The topological polar surface area (TPSA) is 82.0 Å². The third-order valence-electron chi connectivity index (χ3n) is 3.30. The van der Waals surface area contributed by atoms with Gasteiger partial charge < -0.3 is 5.32 Å². The van der Waals surface area contributed by atoms with Crippen LogP contribution in [0.4, 0.5) is 0 Å². The van der Waals surface area contributed by atoms with Crippen LogP contribution in [-0.4, -0.2) is 27.5 Å². The molecule has 1 fully saturated rings. The second kappa shape index (κ2) is 6.55. The van der Waals surface area contributed by atoms with E-state index in [2.05, 4.69) is 10.0 Å². The molecule has 1 aliphatic rings. The monoisotopic (exact) mass is 313 g/mol. The summed E-state index contributed by atoms with van der Waals surface area (Å²) in [4.78, 5) is 0.0116. The first-order chi connectivity index (χ1) is 9.53. The molecule has 0 saturated carbocycles. The number of rotatable bonds is 5. The smallest absolute Gasteiger partial charge is 0.242 e. The van der Waals surface area contributed by atoms with E-state index in [9.17, 15) is 8.42 Å². The normalized spacial score (nSPS) is 18.9. The predicted molar refractivity (Wildman–Crippen MR) is 77.0 cm³/mol. The molecule has 7 heteroatoms. The van der Waals surface area contributed by atoms with E-state index in [0.29, 0.717) is 18.2 Å². The molecule has 1 atom stereocenters. The summed E-state index contributed by atoms with van der Waals surface area (Å²) >= 11 is 5.92. The van der Waals surface area contributed by atoms with Crippen LogP contribution in [0, 0.1) is 11.3 Å². The van der Waals surface area contributed by atoms with Crippen LogP contribution in [0.3, 0.4) is 0 Å². The van der Waals surface area contributed by atoms with E-state index < -0.39 is 10.0 Å². The Kier molecular flexibility index (Phi) is 5.00. The van der Waals surface area contributed by atoms with Crippen molar-refractivity contribution >= 4 is 21.6 Å². The summed E-state index contributed by atoms with van der Waals surface area (Å²) in [5.74, 6) is 0. The minimum absolute atomic E-state index is 0.0116. The first-order valence-corrected chi connectivity index (χ1v) is 8.32. The Morgan fingerprint density at radius 3 is 2.90 bits per heavy atom. The quantitative estimate of drug-likeness (QED) is 0.865. The van der Waals surface area contributed by atoms with Gasteiger partial charge in [-0.3, -0.25) is 0 Å². The second-order valence-corrected chi connectivity index (χ2v) is 6.88. The Morgan fingerprint density at radius 2 is 2.30 bits per heavy atom. The number of halogens is 1. The summed E-state index contributed by atoms with van der Waals surface area (Å²) < 4.78 is 26.8. The molecule has 1 heterocycles. The molecule has 0 radical (unpaired) electrons. The fourth-order valence-corrected chi connectivity index (χ4v) is 3.83. The van der Waals surface area contributed by atoms with Crippen LogP contribution < -0.4 is 10.0 Å². The van der Waals surface area contributed by atoms with E-state index in [1.807, 2.05) is 6.07 Å². The average Bonchev–Trinajstić information content (AvgIpc) is 2.91. The molecular weight excluding hydrogens is 298 g/mol. The second-order valence-electron chi connectivity index (χ2n) is 4.74. The molecule has 0 bridgehead atoms. The Balaban J connectivity index is 2.00. The van der Waals surface area contributed by atoms with Gasteiger partial charge in [0.1, 0.15) is 4.90 Å². The molecule has 0 amide bonds. The van der Waals surface area contributed by atoms with Crippen molar-refractivity contribution in [3.05, 3.63) is 28.8 Å². The van der Waals surface area contributed by atoms with Gasteiger partial charge in [0.05, 0.1) is 16.7 Å². The number of nitriles is 1. The van der Waals surface area contributed by atoms with E-state index in [1.165, 1.54) is 18.2 Å². The third kappa shape index (κ3) is 3.70. The lowest BCUT2D eigenvalue weighted by Gasteiger charge is -2.12. The standard InChI is InChI=1S/C13H16ClN3O2S/c14-12-8-10(9-15)3-4-13(12)20(18,19)17-7-5-11-2-1-6-16-11/h3-4,8,11,16-17H,1-2,5-7H2/t11-/m1/s1. The maximum Gasteiger partial charge on any atom is 0.242 e. The van der Waals surface area contributed by atoms with Gasteiger partial charge in [-0.2, -0.15) is 5.26 Å². The molecular formula is C13H16ClN3O2S. The van der Waals surface area contributed by atoms with Gasteiger partial charge in [0.2, 0.25) is 10.0 Å². The Labute approximate surface area is 124 Å². The highest BCUT2D eigenvalue weighted by molar-refractivity contribution is 7.89. The summed E-state index contributed by atoms with van der Waals surface area (Å²) in [5, 5.41) is 12.1. The number of nitrogens with zero attached hydrogens (tertiary/aromatic N) is 1. The van der Waals surface area contributed by atoms with Gasteiger partial charge in [-0.25, -0.2) is 13.1 Å². The highest BCUT2D eigenvalue weighted by Gasteiger charge is 2.19. The van der Waals surface area contributed by atoms with E-state index in [-0.39, 0.29) is 9.92 Å². The average molecular weight is 314 g/mol. The molecule has 0 aliphatic carbocycles. The van der Waals surface area contributed by atoms with Crippen molar-refractivity contribution in [3.8, 4) is 6.07 Å². The van der Waals surface area contributed by atoms with Crippen molar-refractivity contribution in [2.24, 2.45) is 0 Å². The number of hydrogen-bond donors (Lipinski definition) is 2. The van der Waals surface area contributed by atoms with Crippen molar-refractivity contribution in [2.45, 2.75) is 30.2 Å². The van der Waals surface area contributed by atoms with Crippen molar-refractivity contribution in [3.63, 3.8) is 0 Å². The zero-order chi connectivity index (χ0) is 14.6. The van der Waals surface area contributed by atoms with Crippen LogP contribution in [0.25, 0.3) is 0 Å². The lowest BCUT2D eigenvalue weighted by molar-refractivity contribution is 0.539. The fraction of sp³-hybridized carbons (Fsp3) is 0.462. The summed E-state index contributed by atoms with van der Waals surface area (Å²) in [5.41, 5.74) is 0.337. The lowest BCUT2D eigenvalue weighted by Crippen LogP contribution is -2.30. The van der Waals surface area contributed by atoms with Gasteiger partial charge in [-0.1, -0.05) is 11.6 Å². The highest BCUT2D eigenvalue weighted by atomic mass is 35.5. The van der Waals surface area contributed by atoms with Crippen LogP contribution in [0.2, 0.25) is 5.02 Å². The van der Waals surface area contributed by atoms with E-state index in [0.717, 1.165) is 25.8 Å². The Morgan fingerprint density at radius 1 is 1.50 bits per heavy atom. The van der Waals surface area contributed by atoms with Crippen LogP contribution in [0.5, 0.6) is 0 Å². The minimum Gasteiger partial charge on any atom is -0.314 e. The molecule has 2 N–H and O–H groups in total. The predicted octanol–water partition coefficient (Wildman–Crippen LogP) is 1.63. The van der Waals surface area contributed by atoms with Crippen LogP contribution in [0.1, 0.15) is 24.8 Å². The summed E-state index contributed by atoms with van der Waals surface area (Å²) in [6.45, 7) is 1.37. The molecule has 1 aromatic carbocycles. The summed E-state index contributed by atoms with van der Waals surface area (Å²) in [6, 6.07) is 6.46.